The Kier molecular flexibility index (Phi) is 4.16. The largest absolute Gasteiger partial charge is 0.480 e. The minimum Gasteiger partial charge on any atom is -0.480 e. The van der Waals surface area contributed by atoms with Crippen LogP contribution >= 0.6 is 0 Å². The van der Waals surface area contributed by atoms with Crippen molar-refractivity contribution in [2.45, 2.75) is 31.7 Å². The van der Waals surface area contributed by atoms with Crippen LogP contribution in [0.5, 0.6) is 0 Å². The van der Waals surface area contributed by atoms with Gasteiger partial charge in [0, 0.05) is 32.5 Å². The molecule has 0 bridgehead atoms. The Morgan fingerprint density at radius 1 is 1.38 bits per heavy atom. The molecule has 1 N–H and O–H groups in total. The zero-order valence-corrected chi connectivity index (χ0v) is 12.7. The van der Waals surface area contributed by atoms with Crippen LogP contribution in [0.25, 0.3) is 0 Å². The number of hydrogen-bond donors (Lipinski definition) is 1. The first-order valence-electron chi connectivity index (χ1n) is 7.05. The molecule has 0 aliphatic carbocycles. The summed E-state index contributed by atoms with van der Waals surface area (Å²) in [6.45, 7) is 2.41. The Bertz CT molecular complexity index is 559. The second-order valence-electron chi connectivity index (χ2n) is 5.79. The highest BCUT2D eigenvalue weighted by Gasteiger charge is 2.41. The van der Waals surface area contributed by atoms with Crippen LogP contribution in [-0.2, 0) is 4.79 Å². The maximum absolute atomic E-state index is 12.0. The van der Waals surface area contributed by atoms with Crippen LogP contribution in [0, 0.1) is 0 Å². The van der Waals surface area contributed by atoms with Gasteiger partial charge in [-0.2, -0.15) is 0 Å². The summed E-state index contributed by atoms with van der Waals surface area (Å²) in [6.07, 6.45) is 4.00. The van der Waals surface area contributed by atoms with Gasteiger partial charge in [-0.05, 0) is 38.3 Å². The van der Waals surface area contributed by atoms with Gasteiger partial charge in [-0.3, -0.25) is 9.78 Å². The summed E-state index contributed by atoms with van der Waals surface area (Å²) < 4.78 is 0. The zero-order valence-electron chi connectivity index (χ0n) is 12.7. The molecule has 1 aromatic heterocycles. The molecule has 0 saturated carbocycles. The van der Waals surface area contributed by atoms with E-state index in [-0.39, 0.29) is 5.91 Å². The average Bonchev–Trinajstić information content (AvgIpc) is 2.46. The number of anilines is 1. The van der Waals surface area contributed by atoms with Gasteiger partial charge in [-0.15, -0.1) is 0 Å². The van der Waals surface area contributed by atoms with Gasteiger partial charge in [0.25, 0.3) is 5.91 Å². The number of carbonyl (C=O) groups excluding carboxylic acids is 1. The second kappa shape index (κ2) is 5.71. The lowest BCUT2D eigenvalue weighted by Crippen LogP contribution is -2.55. The first-order valence-corrected chi connectivity index (χ1v) is 7.05. The maximum Gasteiger partial charge on any atom is 0.329 e. The summed E-state index contributed by atoms with van der Waals surface area (Å²) in [7, 11) is 3.33. The van der Waals surface area contributed by atoms with Gasteiger partial charge in [-0.25, -0.2) is 4.79 Å². The third kappa shape index (κ3) is 2.84. The van der Waals surface area contributed by atoms with E-state index in [1.165, 1.54) is 4.90 Å². The predicted molar refractivity (Wildman–Crippen MR) is 79.5 cm³/mol. The fourth-order valence-electron chi connectivity index (χ4n) is 2.69. The first kappa shape index (κ1) is 15.3. The van der Waals surface area contributed by atoms with Gasteiger partial charge in [0.05, 0.1) is 0 Å². The standard InChI is InChI=1S/C15H21N3O3/c1-15(14(20)21)7-4-5-9-18(15)11-6-8-16-12(10-11)13(19)17(2)3/h6,8,10H,4-5,7,9H2,1-3H3,(H,20,21). The van der Waals surface area contributed by atoms with Crippen molar-refractivity contribution in [3.8, 4) is 0 Å². The monoisotopic (exact) mass is 291 g/mol. The van der Waals surface area contributed by atoms with Gasteiger partial charge < -0.3 is 14.9 Å². The summed E-state index contributed by atoms with van der Waals surface area (Å²) in [4.78, 5) is 31.1. The molecule has 6 nitrogen and oxygen atoms in total. The second-order valence-corrected chi connectivity index (χ2v) is 5.79. The Morgan fingerprint density at radius 3 is 2.71 bits per heavy atom. The number of aliphatic carboxylic acids is 1. The van der Waals surface area contributed by atoms with Gasteiger partial charge in [-0.1, -0.05) is 0 Å². The minimum atomic E-state index is -0.933. The summed E-state index contributed by atoms with van der Waals surface area (Å²) in [5, 5.41) is 9.56. The Balaban J connectivity index is 2.38. The molecule has 1 saturated heterocycles. The summed E-state index contributed by atoms with van der Waals surface area (Å²) in [5.41, 5.74) is 0.133. The van der Waals surface area contributed by atoms with Crippen LogP contribution in [0.2, 0.25) is 0 Å². The third-order valence-corrected chi connectivity index (χ3v) is 4.03. The lowest BCUT2D eigenvalue weighted by Gasteiger charge is -2.43. The van der Waals surface area contributed by atoms with Crippen LogP contribution in [0.15, 0.2) is 18.3 Å². The highest BCUT2D eigenvalue weighted by atomic mass is 16.4. The van der Waals surface area contributed by atoms with E-state index in [1.54, 1.807) is 39.3 Å². The number of rotatable bonds is 3. The van der Waals surface area contributed by atoms with Crippen molar-refractivity contribution >= 4 is 17.6 Å². The molecule has 1 aliphatic heterocycles. The van der Waals surface area contributed by atoms with Crippen molar-refractivity contribution in [2.75, 3.05) is 25.5 Å². The normalized spacial score (nSPS) is 22.0. The molecule has 2 rings (SSSR count). The van der Waals surface area contributed by atoms with E-state index >= 15 is 0 Å². The van der Waals surface area contributed by atoms with Crippen molar-refractivity contribution in [1.82, 2.24) is 9.88 Å². The molecule has 0 radical (unpaired) electrons. The van der Waals surface area contributed by atoms with Crippen molar-refractivity contribution in [2.24, 2.45) is 0 Å². The quantitative estimate of drug-likeness (QED) is 0.916. The van der Waals surface area contributed by atoms with E-state index in [2.05, 4.69) is 4.98 Å². The van der Waals surface area contributed by atoms with E-state index < -0.39 is 11.5 Å². The first-order chi connectivity index (χ1) is 9.86. The lowest BCUT2D eigenvalue weighted by molar-refractivity contribution is -0.143. The smallest absolute Gasteiger partial charge is 0.329 e. The van der Waals surface area contributed by atoms with Gasteiger partial charge in [0.2, 0.25) is 0 Å². The number of hydrogen-bond acceptors (Lipinski definition) is 4. The zero-order chi connectivity index (χ0) is 15.6. The Morgan fingerprint density at radius 2 is 2.10 bits per heavy atom. The number of carboxylic acid groups (broad SMARTS) is 1. The average molecular weight is 291 g/mol. The molecular weight excluding hydrogens is 270 g/mol. The van der Waals surface area contributed by atoms with Crippen LogP contribution in [0.1, 0.15) is 36.7 Å². The maximum atomic E-state index is 12.0. The van der Waals surface area contributed by atoms with Crippen molar-refractivity contribution in [3.63, 3.8) is 0 Å². The number of aromatic nitrogens is 1. The highest BCUT2D eigenvalue weighted by Crippen LogP contribution is 2.33. The van der Waals surface area contributed by atoms with E-state index in [0.717, 1.165) is 18.5 Å². The molecule has 1 unspecified atom stereocenters. The Hall–Kier alpha value is -2.11. The number of amides is 1. The van der Waals surface area contributed by atoms with Crippen molar-refractivity contribution in [1.29, 1.82) is 0 Å². The summed E-state index contributed by atoms with van der Waals surface area (Å²) in [6, 6.07) is 3.44. The fourth-order valence-corrected chi connectivity index (χ4v) is 2.69. The SMILES string of the molecule is CN(C)C(=O)c1cc(N2CCCCC2(C)C(=O)O)ccn1. The minimum absolute atomic E-state index is 0.189. The molecule has 6 heteroatoms. The van der Waals surface area contributed by atoms with Gasteiger partial charge in [0.15, 0.2) is 0 Å². The van der Waals surface area contributed by atoms with Crippen LogP contribution in [-0.4, -0.2) is 53.0 Å². The number of nitrogens with zero attached hydrogens (tertiary/aromatic N) is 3. The molecule has 0 aromatic carbocycles. The third-order valence-electron chi connectivity index (χ3n) is 4.03. The van der Waals surface area contributed by atoms with Crippen molar-refractivity contribution < 1.29 is 14.7 Å². The molecular formula is C15H21N3O3. The van der Waals surface area contributed by atoms with E-state index in [9.17, 15) is 14.7 Å². The van der Waals surface area contributed by atoms with E-state index in [1.807, 2.05) is 4.90 Å². The molecule has 1 aliphatic rings. The number of carbonyl (C=O) groups is 2. The van der Waals surface area contributed by atoms with E-state index in [4.69, 9.17) is 0 Å². The molecule has 21 heavy (non-hydrogen) atoms. The molecule has 2 heterocycles. The molecule has 1 fully saturated rings. The number of carboxylic acids is 1. The lowest BCUT2D eigenvalue weighted by atomic mass is 9.88. The van der Waals surface area contributed by atoms with E-state index in [0.29, 0.717) is 18.7 Å². The molecule has 114 valence electrons. The number of pyridine rings is 1. The van der Waals surface area contributed by atoms with Crippen molar-refractivity contribution in [3.05, 3.63) is 24.0 Å². The van der Waals surface area contributed by atoms with Crippen LogP contribution < -0.4 is 4.90 Å². The van der Waals surface area contributed by atoms with Crippen LogP contribution in [0.4, 0.5) is 5.69 Å². The Labute approximate surface area is 124 Å². The van der Waals surface area contributed by atoms with Gasteiger partial charge >= 0.3 is 5.97 Å². The van der Waals surface area contributed by atoms with Gasteiger partial charge in [0.1, 0.15) is 11.2 Å². The predicted octanol–water partition coefficient (Wildman–Crippen LogP) is 1.62. The van der Waals surface area contributed by atoms with Crippen LogP contribution in [0.3, 0.4) is 0 Å². The summed E-state index contributed by atoms with van der Waals surface area (Å²) in [5.74, 6) is -1.02. The molecule has 0 spiro atoms. The fraction of sp³-hybridized carbons (Fsp3) is 0.533. The molecule has 1 aromatic rings. The highest BCUT2D eigenvalue weighted by molar-refractivity contribution is 5.93. The molecule has 1 amide bonds. The number of piperidine rings is 1. The molecule has 1 atom stereocenters. The topological polar surface area (TPSA) is 73.7 Å². The summed E-state index contributed by atoms with van der Waals surface area (Å²) >= 11 is 0.